The van der Waals surface area contributed by atoms with Gasteiger partial charge in [-0.05, 0) is 91.0 Å². The molecule has 8 aromatic rings. The second-order valence-corrected chi connectivity index (χ2v) is 13.0. The average molecular weight is 615 g/mol. The number of hydrogen-bond acceptors (Lipinski definition) is 0. The third-order valence-corrected chi connectivity index (χ3v) is 9.96. The number of fused-ring (bicyclic) bond motifs is 2. The van der Waals surface area contributed by atoms with Crippen LogP contribution < -0.4 is 0 Å². The van der Waals surface area contributed by atoms with E-state index in [0.717, 1.165) is 0 Å². The van der Waals surface area contributed by atoms with E-state index in [1.54, 1.807) is 0 Å². The molecule has 8 rings (SSSR count). The molecule has 0 aliphatic carbocycles. The van der Waals surface area contributed by atoms with Crippen LogP contribution in [0.5, 0.6) is 0 Å². The topological polar surface area (TPSA) is 0 Å². The molecule has 0 N–H and O–H groups in total. The van der Waals surface area contributed by atoms with Crippen molar-refractivity contribution in [2.75, 3.05) is 0 Å². The van der Waals surface area contributed by atoms with Gasteiger partial charge in [0.25, 0.3) is 0 Å². The molecule has 0 radical (unpaired) electrons. The highest BCUT2D eigenvalue weighted by Crippen LogP contribution is 2.40. The van der Waals surface area contributed by atoms with Crippen molar-refractivity contribution in [3.8, 4) is 11.1 Å². The lowest BCUT2D eigenvalue weighted by atomic mass is 9.80. The van der Waals surface area contributed by atoms with Crippen LogP contribution in [0.3, 0.4) is 0 Å². The van der Waals surface area contributed by atoms with Gasteiger partial charge in [-0.15, -0.1) is 0 Å². The standard InChI is InChI=1S/C48H38/c1-33-30-40(47(37-16-5-3-6-17-37)42-25-24-35-14-9-10-20-39(35)32-42)26-28-43(33)44-29-27-41(31-34(44)2)48(38-18-7-4-8-19-38)46-23-13-21-36-15-11-12-22-45(36)46/h3-32,47-48H,1-2H3. The average Bonchev–Trinajstić information content (AvgIpc) is 3.13. The Balaban J connectivity index is 1.19. The van der Waals surface area contributed by atoms with Crippen molar-refractivity contribution < 1.29 is 0 Å². The van der Waals surface area contributed by atoms with E-state index in [0.29, 0.717) is 0 Å². The van der Waals surface area contributed by atoms with Crippen molar-refractivity contribution >= 4 is 21.5 Å². The van der Waals surface area contributed by atoms with Crippen molar-refractivity contribution in [2.24, 2.45) is 0 Å². The smallest absolute Gasteiger partial charge is 0.0346 e. The van der Waals surface area contributed by atoms with Crippen LogP contribution in [-0.4, -0.2) is 0 Å². The van der Waals surface area contributed by atoms with Gasteiger partial charge < -0.3 is 0 Å². The Morgan fingerprint density at radius 2 is 0.792 bits per heavy atom. The normalized spacial score (nSPS) is 12.6. The number of rotatable bonds is 7. The van der Waals surface area contributed by atoms with Gasteiger partial charge in [0.15, 0.2) is 0 Å². The van der Waals surface area contributed by atoms with E-state index in [1.165, 1.54) is 77.2 Å². The molecule has 0 fully saturated rings. The lowest BCUT2D eigenvalue weighted by Gasteiger charge is -2.23. The summed E-state index contributed by atoms with van der Waals surface area (Å²) in [5, 5.41) is 5.13. The first kappa shape index (κ1) is 29.7. The summed E-state index contributed by atoms with van der Waals surface area (Å²) in [6, 6.07) is 67.0. The minimum Gasteiger partial charge on any atom is -0.0622 e. The Labute approximate surface area is 284 Å². The maximum absolute atomic E-state index is 2.41. The Bertz CT molecular complexity index is 2360. The first-order valence-corrected chi connectivity index (χ1v) is 16.9. The van der Waals surface area contributed by atoms with Crippen molar-refractivity contribution in [3.05, 3.63) is 226 Å². The molecule has 0 heterocycles. The molecule has 0 aliphatic heterocycles. The predicted octanol–water partition coefficient (Wildman–Crippen LogP) is 12.6. The molecule has 0 spiro atoms. The van der Waals surface area contributed by atoms with Crippen LogP contribution in [0.4, 0.5) is 0 Å². The van der Waals surface area contributed by atoms with Crippen LogP contribution in [0.1, 0.15) is 56.3 Å². The Morgan fingerprint density at radius 1 is 0.312 bits per heavy atom. The predicted molar refractivity (Wildman–Crippen MR) is 204 cm³/mol. The Hall–Kier alpha value is -5.72. The molecule has 2 atom stereocenters. The van der Waals surface area contributed by atoms with Crippen LogP contribution >= 0.6 is 0 Å². The molecule has 8 aromatic carbocycles. The maximum atomic E-state index is 2.41. The van der Waals surface area contributed by atoms with Crippen molar-refractivity contribution in [1.82, 2.24) is 0 Å². The maximum Gasteiger partial charge on any atom is 0.0346 e. The summed E-state index contributed by atoms with van der Waals surface area (Å²) in [6.07, 6.45) is 0. The zero-order chi connectivity index (χ0) is 32.5. The highest BCUT2D eigenvalue weighted by atomic mass is 14.2. The highest BCUT2D eigenvalue weighted by Gasteiger charge is 2.21. The summed E-state index contributed by atoms with van der Waals surface area (Å²) in [5.74, 6) is 0.293. The summed E-state index contributed by atoms with van der Waals surface area (Å²) < 4.78 is 0. The summed E-state index contributed by atoms with van der Waals surface area (Å²) in [6.45, 7) is 4.52. The SMILES string of the molecule is Cc1cc(C(c2ccccc2)c2ccc3ccccc3c2)ccc1-c1ccc(C(c2ccccc2)c2cccc3ccccc23)cc1C. The molecule has 0 amide bonds. The van der Waals surface area contributed by atoms with E-state index in [4.69, 9.17) is 0 Å². The fraction of sp³-hybridized carbons (Fsp3) is 0.0833. The second-order valence-electron chi connectivity index (χ2n) is 13.0. The van der Waals surface area contributed by atoms with Gasteiger partial charge in [-0.25, -0.2) is 0 Å². The molecule has 0 aliphatic rings. The fourth-order valence-electron chi connectivity index (χ4n) is 7.65. The first-order chi connectivity index (χ1) is 23.6. The minimum absolute atomic E-state index is 0.141. The minimum atomic E-state index is 0.141. The van der Waals surface area contributed by atoms with Crippen LogP contribution in [0.2, 0.25) is 0 Å². The van der Waals surface area contributed by atoms with Gasteiger partial charge in [-0.1, -0.05) is 182 Å². The van der Waals surface area contributed by atoms with Gasteiger partial charge in [0.1, 0.15) is 0 Å². The molecule has 230 valence electrons. The van der Waals surface area contributed by atoms with E-state index in [9.17, 15) is 0 Å². The number of hydrogen-bond donors (Lipinski definition) is 0. The van der Waals surface area contributed by atoms with E-state index >= 15 is 0 Å². The van der Waals surface area contributed by atoms with Crippen molar-refractivity contribution in [3.63, 3.8) is 0 Å². The van der Waals surface area contributed by atoms with Crippen LogP contribution in [0, 0.1) is 13.8 Å². The number of benzene rings is 8. The molecule has 0 saturated carbocycles. The fourth-order valence-corrected chi connectivity index (χ4v) is 7.65. The molecule has 0 bridgehead atoms. The first-order valence-electron chi connectivity index (χ1n) is 16.9. The summed E-state index contributed by atoms with van der Waals surface area (Å²) in [7, 11) is 0. The van der Waals surface area contributed by atoms with Gasteiger partial charge in [-0.2, -0.15) is 0 Å². The monoisotopic (exact) mass is 614 g/mol. The van der Waals surface area contributed by atoms with E-state index in [2.05, 4.69) is 196 Å². The lowest BCUT2D eigenvalue weighted by Crippen LogP contribution is -2.05. The largest absolute Gasteiger partial charge is 0.0622 e. The molecule has 2 unspecified atom stereocenters. The van der Waals surface area contributed by atoms with Crippen molar-refractivity contribution in [2.45, 2.75) is 25.7 Å². The Morgan fingerprint density at radius 3 is 1.44 bits per heavy atom. The molecule has 0 heteroatoms. The third-order valence-electron chi connectivity index (χ3n) is 9.96. The second kappa shape index (κ2) is 12.8. The number of aryl methyl sites for hydroxylation is 2. The van der Waals surface area contributed by atoms with Crippen LogP contribution in [0.15, 0.2) is 182 Å². The summed E-state index contributed by atoms with van der Waals surface area (Å²) >= 11 is 0. The van der Waals surface area contributed by atoms with Gasteiger partial charge in [-0.3, -0.25) is 0 Å². The van der Waals surface area contributed by atoms with E-state index < -0.39 is 0 Å². The van der Waals surface area contributed by atoms with Gasteiger partial charge in [0, 0.05) is 11.8 Å². The molecule has 0 aromatic heterocycles. The Kier molecular flexibility index (Phi) is 7.92. The van der Waals surface area contributed by atoms with Crippen LogP contribution in [-0.2, 0) is 0 Å². The van der Waals surface area contributed by atoms with E-state index in [-0.39, 0.29) is 11.8 Å². The molecule has 0 nitrogen and oxygen atoms in total. The summed E-state index contributed by atoms with van der Waals surface area (Å²) in [4.78, 5) is 0. The molecule has 48 heavy (non-hydrogen) atoms. The highest BCUT2D eigenvalue weighted by molar-refractivity contribution is 5.87. The third kappa shape index (κ3) is 5.61. The zero-order valence-corrected chi connectivity index (χ0v) is 27.5. The molecule has 0 saturated heterocycles. The van der Waals surface area contributed by atoms with E-state index in [1.807, 2.05) is 0 Å². The van der Waals surface area contributed by atoms with Crippen molar-refractivity contribution in [1.29, 1.82) is 0 Å². The van der Waals surface area contributed by atoms with Gasteiger partial charge >= 0.3 is 0 Å². The van der Waals surface area contributed by atoms with Gasteiger partial charge in [0.2, 0.25) is 0 Å². The summed E-state index contributed by atoms with van der Waals surface area (Å²) in [5.41, 5.74) is 13.0. The molecular formula is C48H38. The lowest BCUT2D eigenvalue weighted by molar-refractivity contribution is 0.977. The molecular weight excluding hydrogens is 577 g/mol. The quantitative estimate of drug-likeness (QED) is 0.157. The van der Waals surface area contributed by atoms with Gasteiger partial charge in [0.05, 0.1) is 0 Å². The zero-order valence-electron chi connectivity index (χ0n) is 27.5. The van der Waals surface area contributed by atoms with Crippen LogP contribution in [0.25, 0.3) is 32.7 Å².